The van der Waals surface area contributed by atoms with E-state index in [1.165, 1.54) is 17.4 Å². The number of benzene rings is 1. The first-order valence-electron chi connectivity index (χ1n) is 7.87. The van der Waals surface area contributed by atoms with Gasteiger partial charge in [-0.1, -0.05) is 29.3 Å². The molecule has 0 unspecified atom stereocenters. The van der Waals surface area contributed by atoms with Gasteiger partial charge in [-0.15, -0.1) is 22.7 Å². The third-order valence-corrected chi connectivity index (χ3v) is 6.90. The van der Waals surface area contributed by atoms with E-state index in [1.54, 1.807) is 12.1 Å². The third-order valence-electron chi connectivity index (χ3n) is 4.17. The summed E-state index contributed by atoms with van der Waals surface area (Å²) in [5, 5.41) is 12.7. The van der Waals surface area contributed by atoms with E-state index in [0.717, 1.165) is 16.2 Å². The minimum atomic E-state index is -0.298. The Labute approximate surface area is 177 Å². The van der Waals surface area contributed by atoms with E-state index in [-0.39, 0.29) is 27.9 Å². The topological polar surface area (TPSA) is 106 Å². The van der Waals surface area contributed by atoms with Crippen LogP contribution < -0.4 is 11.5 Å². The Balaban J connectivity index is 1.99. The average molecular weight is 445 g/mol. The van der Waals surface area contributed by atoms with E-state index in [0.29, 0.717) is 31.2 Å². The molecule has 3 heterocycles. The molecule has 0 radical (unpaired) electrons. The van der Waals surface area contributed by atoms with Gasteiger partial charge in [0, 0.05) is 21.4 Å². The lowest BCUT2D eigenvalue weighted by Gasteiger charge is -2.07. The van der Waals surface area contributed by atoms with Gasteiger partial charge >= 0.3 is 0 Å². The van der Waals surface area contributed by atoms with Gasteiger partial charge in [-0.2, -0.15) is 5.26 Å². The number of nitrogen functional groups attached to an aromatic ring is 2. The number of carbonyl (C=O) groups excluding carboxylic acids is 1. The lowest BCUT2D eigenvalue weighted by atomic mass is 10.0. The monoisotopic (exact) mass is 444 g/mol. The van der Waals surface area contributed by atoms with E-state index in [4.69, 9.17) is 34.7 Å². The summed E-state index contributed by atoms with van der Waals surface area (Å²) in [6, 6.07) is 10.5. The predicted molar refractivity (Wildman–Crippen MR) is 116 cm³/mol. The van der Waals surface area contributed by atoms with Crippen LogP contribution in [-0.2, 0) is 0 Å². The third kappa shape index (κ3) is 2.91. The number of hydrogen-bond acceptors (Lipinski definition) is 7. The van der Waals surface area contributed by atoms with E-state index in [2.05, 4.69) is 11.1 Å². The molecule has 0 saturated carbocycles. The maximum absolute atomic E-state index is 13.0. The van der Waals surface area contributed by atoms with Crippen LogP contribution in [0.3, 0.4) is 0 Å². The molecule has 138 valence electrons. The number of thiophene rings is 2. The Bertz CT molecular complexity index is 1290. The number of fused-ring (bicyclic) bond motifs is 1. The van der Waals surface area contributed by atoms with Crippen molar-refractivity contribution < 1.29 is 4.79 Å². The number of ketones is 1. The number of nitrogens with zero attached hydrogens (tertiary/aromatic N) is 2. The molecule has 0 fully saturated rings. The van der Waals surface area contributed by atoms with Crippen LogP contribution in [0.1, 0.15) is 20.8 Å². The fourth-order valence-corrected chi connectivity index (χ4v) is 5.04. The van der Waals surface area contributed by atoms with Crippen molar-refractivity contribution in [2.45, 2.75) is 0 Å². The molecule has 0 aliphatic heterocycles. The molecule has 4 rings (SSSR count). The number of aromatic nitrogens is 1. The number of hydrogen-bond donors (Lipinski definition) is 2. The van der Waals surface area contributed by atoms with Gasteiger partial charge in [-0.25, -0.2) is 4.98 Å². The van der Waals surface area contributed by atoms with Crippen LogP contribution in [0.15, 0.2) is 35.7 Å². The molecule has 4 N–H and O–H groups in total. The van der Waals surface area contributed by atoms with Crippen molar-refractivity contribution in [2.75, 3.05) is 11.5 Å². The molecule has 28 heavy (non-hydrogen) atoms. The highest BCUT2D eigenvalue weighted by atomic mass is 35.5. The van der Waals surface area contributed by atoms with Crippen molar-refractivity contribution in [3.63, 3.8) is 0 Å². The van der Waals surface area contributed by atoms with Crippen molar-refractivity contribution >= 4 is 73.4 Å². The standard InChI is InChI=1S/C19H10Cl2N4OS2/c20-10-4-3-8(6-11(10)21)16(26)17-15(23)14-13(12-2-1-5-27-12)9(7-22)18(24)25-19(14)28-17/h1-6H,23H2,(H2,24,25). The maximum Gasteiger partial charge on any atom is 0.205 e. The number of carbonyl (C=O) groups is 1. The van der Waals surface area contributed by atoms with Crippen LogP contribution in [0.2, 0.25) is 10.0 Å². The molecule has 9 heteroatoms. The summed E-state index contributed by atoms with van der Waals surface area (Å²) >= 11 is 14.6. The summed E-state index contributed by atoms with van der Waals surface area (Å²) < 4.78 is 0. The van der Waals surface area contributed by atoms with Gasteiger partial charge in [0.2, 0.25) is 5.78 Å². The maximum atomic E-state index is 13.0. The van der Waals surface area contributed by atoms with Crippen molar-refractivity contribution in [2.24, 2.45) is 0 Å². The molecule has 0 saturated heterocycles. The molecule has 0 aliphatic carbocycles. The van der Waals surface area contributed by atoms with Crippen LogP contribution in [0, 0.1) is 11.3 Å². The Morgan fingerprint density at radius 2 is 1.96 bits per heavy atom. The molecule has 0 spiro atoms. The van der Waals surface area contributed by atoms with Gasteiger partial charge in [-0.3, -0.25) is 4.79 Å². The van der Waals surface area contributed by atoms with Crippen LogP contribution in [0.25, 0.3) is 20.7 Å². The summed E-state index contributed by atoms with van der Waals surface area (Å²) in [7, 11) is 0. The fraction of sp³-hybridized carbons (Fsp3) is 0. The van der Waals surface area contributed by atoms with Crippen molar-refractivity contribution in [3.8, 4) is 16.5 Å². The molecule has 0 atom stereocenters. The molecular weight excluding hydrogens is 435 g/mol. The number of pyridine rings is 1. The highest BCUT2D eigenvalue weighted by molar-refractivity contribution is 7.21. The van der Waals surface area contributed by atoms with E-state index in [9.17, 15) is 10.1 Å². The van der Waals surface area contributed by atoms with E-state index < -0.39 is 0 Å². The SMILES string of the molecule is N#Cc1c(N)nc2sc(C(=O)c3ccc(Cl)c(Cl)c3)c(N)c2c1-c1cccs1. The largest absolute Gasteiger partial charge is 0.397 e. The van der Waals surface area contributed by atoms with Crippen LogP contribution in [0.5, 0.6) is 0 Å². The van der Waals surface area contributed by atoms with Crippen LogP contribution in [-0.4, -0.2) is 10.8 Å². The molecule has 1 aromatic carbocycles. The van der Waals surface area contributed by atoms with Gasteiger partial charge in [-0.05, 0) is 29.6 Å². The second-order valence-corrected chi connectivity index (χ2v) is 8.58. The summed E-state index contributed by atoms with van der Waals surface area (Å²) in [5.74, 6) is -0.193. The lowest BCUT2D eigenvalue weighted by Crippen LogP contribution is -2.02. The number of anilines is 2. The normalized spacial score (nSPS) is 10.9. The fourth-order valence-electron chi connectivity index (χ4n) is 2.89. The van der Waals surface area contributed by atoms with E-state index in [1.807, 2.05) is 17.5 Å². The molecular formula is C19H10Cl2N4OS2. The van der Waals surface area contributed by atoms with E-state index >= 15 is 0 Å². The first-order chi connectivity index (χ1) is 13.4. The van der Waals surface area contributed by atoms with Crippen molar-refractivity contribution in [3.05, 3.63) is 61.8 Å². The second-order valence-electron chi connectivity index (χ2n) is 5.82. The Morgan fingerprint density at radius 3 is 2.61 bits per heavy atom. The highest BCUT2D eigenvalue weighted by Gasteiger charge is 2.25. The molecule has 5 nitrogen and oxygen atoms in total. The molecule has 3 aromatic heterocycles. The molecule has 0 amide bonds. The Morgan fingerprint density at radius 1 is 1.18 bits per heavy atom. The van der Waals surface area contributed by atoms with Crippen molar-refractivity contribution in [1.29, 1.82) is 5.26 Å². The van der Waals surface area contributed by atoms with Gasteiger partial charge in [0.25, 0.3) is 0 Å². The van der Waals surface area contributed by atoms with Crippen LogP contribution >= 0.6 is 45.9 Å². The summed E-state index contributed by atoms with van der Waals surface area (Å²) in [6.07, 6.45) is 0. The first-order valence-corrected chi connectivity index (χ1v) is 10.3. The second kappa shape index (κ2) is 7.08. The number of nitriles is 1. The van der Waals surface area contributed by atoms with Gasteiger partial charge < -0.3 is 11.5 Å². The summed E-state index contributed by atoms with van der Waals surface area (Å²) in [4.78, 5) is 19.0. The van der Waals surface area contributed by atoms with Gasteiger partial charge in [0.15, 0.2) is 0 Å². The molecule has 0 bridgehead atoms. The summed E-state index contributed by atoms with van der Waals surface area (Å²) in [6.45, 7) is 0. The average Bonchev–Trinajstić information content (AvgIpc) is 3.31. The number of rotatable bonds is 3. The zero-order valence-electron chi connectivity index (χ0n) is 14.0. The molecule has 0 aliphatic rings. The predicted octanol–water partition coefficient (Wildman–Crippen LogP) is 5.60. The minimum absolute atomic E-state index is 0.105. The Hall–Kier alpha value is -2.63. The lowest BCUT2D eigenvalue weighted by molar-refractivity contribution is 0.104. The quantitative estimate of drug-likeness (QED) is 0.400. The Kier molecular flexibility index (Phi) is 4.73. The van der Waals surface area contributed by atoms with Gasteiger partial charge in [0.1, 0.15) is 27.2 Å². The van der Waals surface area contributed by atoms with Crippen molar-refractivity contribution in [1.82, 2.24) is 4.98 Å². The van der Waals surface area contributed by atoms with Gasteiger partial charge in [0.05, 0.1) is 15.7 Å². The number of nitrogens with two attached hydrogens (primary N) is 2. The highest BCUT2D eigenvalue weighted by Crippen LogP contribution is 2.44. The molecule has 4 aromatic rings. The minimum Gasteiger partial charge on any atom is -0.397 e. The van der Waals surface area contributed by atoms with Crippen LogP contribution in [0.4, 0.5) is 11.5 Å². The smallest absolute Gasteiger partial charge is 0.205 e. The summed E-state index contributed by atoms with van der Waals surface area (Å²) in [5.41, 5.74) is 13.8. The number of halogens is 2. The first kappa shape index (κ1) is 18.7. The zero-order valence-corrected chi connectivity index (χ0v) is 17.1. The zero-order chi connectivity index (χ0) is 20.0.